The van der Waals surface area contributed by atoms with Gasteiger partial charge in [-0.05, 0) is 6.42 Å². The molecule has 0 aromatic heterocycles. The Hall–Kier alpha value is -1.10. The average Bonchev–Trinajstić information content (AvgIpc) is 2.13. The van der Waals surface area contributed by atoms with E-state index in [4.69, 9.17) is 0 Å². The number of piperazine rings is 1. The minimum atomic E-state index is 0.0922. The van der Waals surface area contributed by atoms with Crippen LogP contribution >= 0.6 is 0 Å². The number of nitrogens with one attached hydrogen (secondary N) is 2. The van der Waals surface area contributed by atoms with Gasteiger partial charge in [0.05, 0.1) is 6.54 Å². The maximum Gasteiger partial charge on any atom is 0.234 e. The lowest BCUT2D eigenvalue weighted by Crippen LogP contribution is -2.48. The number of hydrogen-bond acceptors (Lipinski definition) is 3. The second-order valence-electron chi connectivity index (χ2n) is 3.05. The molecule has 0 radical (unpaired) electrons. The minimum Gasteiger partial charge on any atom is -0.359 e. The molecule has 1 aliphatic rings. The summed E-state index contributed by atoms with van der Waals surface area (Å²) in [5.74, 6) is 0.0922. The molecule has 0 bridgehead atoms. The Bertz CT molecular complexity index is 184. The second kappa shape index (κ2) is 5.53. The molecule has 1 heterocycles. The lowest BCUT2D eigenvalue weighted by molar-refractivity contribution is -0.124. The van der Waals surface area contributed by atoms with Crippen molar-refractivity contribution in [2.45, 2.75) is 6.42 Å². The number of carbonyl (C=O) groups is 2. The third kappa shape index (κ3) is 3.89. The van der Waals surface area contributed by atoms with Crippen LogP contribution in [0, 0.1) is 0 Å². The van der Waals surface area contributed by atoms with Gasteiger partial charge >= 0.3 is 0 Å². The zero-order valence-corrected chi connectivity index (χ0v) is 7.58. The van der Waals surface area contributed by atoms with E-state index in [-0.39, 0.29) is 5.91 Å². The Kier molecular flexibility index (Phi) is 4.25. The second-order valence-corrected chi connectivity index (χ2v) is 3.05. The Morgan fingerprint density at radius 2 is 2.46 bits per heavy atom. The molecule has 1 aliphatic heterocycles. The monoisotopic (exact) mass is 185 g/mol. The van der Waals surface area contributed by atoms with E-state index >= 15 is 0 Å². The molecule has 1 fully saturated rings. The van der Waals surface area contributed by atoms with Crippen molar-refractivity contribution in [2.75, 3.05) is 32.7 Å². The van der Waals surface area contributed by atoms with Crippen LogP contribution in [-0.4, -0.2) is 49.9 Å². The van der Waals surface area contributed by atoms with Gasteiger partial charge in [0.25, 0.3) is 0 Å². The molecule has 74 valence electrons. The fourth-order valence-electron chi connectivity index (χ4n) is 1.35. The molecule has 0 atom stereocenters. The van der Waals surface area contributed by atoms with Crippen molar-refractivity contribution < 1.29 is 9.59 Å². The first kappa shape index (κ1) is 9.98. The van der Waals surface area contributed by atoms with E-state index < -0.39 is 0 Å². The van der Waals surface area contributed by atoms with Crippen molar-refractivity contribution in [2.24, 2.45) is 0 Å². The van der Waals surface area contributed by atoms with E-state index in [1.165, 1.54) is 0 Å². The SMILES string of the molecule is O=CNCCCN1CCNC(=O)C1. The molecule has 5 heteroatoms. The Labute approximate surface area is 77.5 Å². The quantitative estimate of drug-likeness (QED) is 0.407. The summed E-state index contributed by atoms with van der Waals surface area (Å²) in [6, 6.07) is 0. The van der Waals surface area contributed by atoms with Crippen LogP contribution in [0.4, 0.5) is 0 Å². The van der Waals surface area contributed by atoms with Crippen LogP contribution in [0.2, 0.25) is 0 Å². The standard InChI is InChI=1S/C8H15N3O2/c12-7-9-2-1-4-11-5-3-10-8(13)6-11/h7H,1-6H2,(H,9,12)(H,10,13). The van der Waals surface area contributed by atoms with E-state index in [1.807, 2.05) is 0 Å². The van der Waals surface area contributed by atoms with Gasteiger partial charge in [-0.1, -0.05) is 0 Å². The predicted octanol–water partition coefficient (Wildman–Crippen LogP) is -1.45. The number of amides is 2. The molecule has 1 rings (SSSR count). The van der Waals surface area contributed by atoms with E-state index in [0.717, 1.165) is 26.1 Å². The molecule has 0 saturated carbocycles. The zero-order valence-electron chi connectivity index (χ0n) is 7.58. The van der Waals surface area contributed by atoms with Gasteiger partial charge in [0.15, 0.2) is 0 Å². The van der Waals surface area contributed by atoms with Crippen LogP contribution < -0.4 is 10.6 Å². The first-order valence-corrected chi connectivity index (χ1v) is 4.49. The molecular formula is C8H15N3O2. The van der Waals surface area contributed by atoms with Gasteiger partial charge in [0, 0.05) is 26.2 Å². The summed E-state index contributed by atoms with van der Waals surface area (Å²) in [4.78, 5) is 22.9. The Balaban J connectivity index is 2.06. The van der Waals surface area contributed by atoms with Crippen LogP contribution in [0.1, 0.15) is 6.42 Å². The summed E-state index contributed by atoms with van der Waals surface area (Å²) in [6.45, 7) is 3.68. The highest BCUT2D eigenvalue weighted by molar-refractivity contribution is 5.78. The number of hydrogen-bond donors (Lipinski definition) is 2. The van der Waals surface area contributed by atoms with Crippen LogP contribution in [0.15, 0.2) is 0 Å². The lowest BCUT2D eigenvalue weighted by atomic mass is 10.3. The fraction of sp³-hybridized carbons (Fsp3) is 0.750. The van der Waals surface area contributed by atoms with Gasteiger partial charge in [0.2, 0.25) is 12.3 Å². The third-order valence-corrected chi connectivity index (χ3v) is 2.00. The van der Waals surface area contributed by atoms with Crippen molar-refractivity contribution in [1.82, 2.24) is 15.5 Å². The van der Waals surface area contributed by atoms with Gasteiger partial charge in [-0.25, -0.2) is 0 Å². The summed E-state index contributed by atoms with van der Waals surface area (Å²) >= 11 is 0. The molecule has 0 aromatic carbocycles. The van der Waals surface area contributed by atoms with Crippen molar-refractivity contribution in [3.63, 3.8) is 0 Å². The molecule has 0 aromatic rings. The van der Waals surface area contributed by atoms with Crippen LogP contribution in [0.25, 0.3) is 0 Å². The molecular weight excluding hydrogens is 170 g/mol. The first-order chi connectivity index (χ1) is 6.33. The lowest BCUT2D eigenvalue weighted by Gasteiger charge is -2.26. The minimum absolute atomic E-state index is 0.0922. The summed E-state index contributed by atoms with van der Waals surface area (Å²) < 4.78 is 0. The topological polar surface area (TPSA) is 61.4 Å². The largest absolute Gasteiger partial charge is 0.359 e. The highest BCUT2D eigenvalue weighted by Gasteiger charge is 2.14. The normalized spacial score (nSPS) is 18.0. The molecule has 2 amide bonds. The summed E-state index contributed by atoms with van der Waals surface area (Å²) in [6.07, 6.45) is 1.59. The molecule has 2 N–H and O–H groups in total. The van der Waals surface area contributed by atoms with Crippen molar-refractivity contribution >= 4 is 12.3 Å². The van der Waals surface area contributed by atoms with E-state index in [1.54, 1.807) is 0 Å². The first-order valence-electron chi connectivity index (χ1n) is 4.49. The van der Waals surface area contributed by atoms with Crippen molar-refractivity contribution in [3.8, 4) is 0 Å². The third-order valence-electron chi connectivity index (χ3n) is 2.00. The highest BCUT2D eigenvalue weighted by Crippen LogP contribution is 1.94. The maximum atomic E-state index is 10.9. The maximum absolute atomic E-state index is 10.9. The molecule has 1 saturated heterocycles. The number of nitrogens with zero attached hydrogens (tertiary/aromatic N) is 1. The summed E-state index contributed by atoms with van der Waals surface area (Å²) in [5.41, 5.74) is 0. The van der Waals surface area contributed by atoms with E-state index in [0.29, 0.717) is 19.5 Å². The van der Waals surface area contributed by atoms with Crippen LogP contribution in [-0.2, 0) is 9.59 Å². The zero-order chi connectivity index (χ0) is 9.52. The number of rotatable bonds is 5. The summed E-state index contributed by atoms with van der Waals surface area (Å²) in [5, 5.41) is 5.35. The van der Waals surface area contributed by atoms with Gasteiger partial charge < -0.3 is 10.6 Å². The molecule has 0 unspecified atom stereocenters. The summed E-state index contributed by atoms with van der Waals surface area (Å²) in [7, 11) is 0. The smallest absolute Gasteiger partial charge is 0.234 e. The highest BCUT2D eigenvalue weighted by atomic mass is 16.2. The van der Waals surface area contributed by atoms with Crippen LogP contribution in [0.3, 0.4) is 0 Å². The van der Waals surface area contributed by atoms with Crippen molar-refractivity contribution in [3.05, 3.63) is 0 Å². The van der Waals surface area contributed by atoms with Gasteiger partial charge in [-0.3, -0.25) is 14.5 Å². The Morgan fingerprint density at radius 3 is 3.15 bits per heavy atom. The van der Waals surface area contributed by atoms with E-state index in [2.05, 4.69) is 15.5 Å². The number of carbonyl (C=O) groups excluding carboxylic acids is 2. The predicted molar refractivity (Wildman–Crippen MR) is 48.1 cm³/mol. The molecule has 5 nitrogen and oxygen atoms in total. The van der Waals surface area contributed by atoms with Gasteiger partial charge in [-0.2, -0.15) is 0 Å². The van der Waals surface area contributed by atoms with Gasteiger partial charge in [0.1, 0.15) is 0 Å². The van der Waals surface area contributed by atoms with Crippen LogP contribution in [0.5, 0.6) is 0 Å². The van der Waals surface area contributed by atoms with Gasteiger partial charge in [-0.15, -0.1) is 0 Å². The molecule has 0 aliphatic carbocycles. The average molecular weight is 185 g/mol. The molecule has 0 spiro atoms. The fourth-order valence-corrected chi connectivity index (χ4v) is 1.35. The Morgan fingerprint density at radius 1 is 1.62 bits per heavy atom. The van der Waals surface area contributed by atoms with E-state index in [9.17, 15) is 9.59 Å². The van der Waals surface area contributed by atoms with Crippen molar-refractivity contribution in [1.29, 1.82) is 0 Å². The molecule has 13 heavy (non-hydrogen) atoms.